The number of anilines is 1. The summed E-state index contributed by atoms with van der Waals surface area (Å²) in [6.45, 7) is 1.55. The van der Waals surface area contributed by atoms with Crippen LogP contribution in [0.25, 0.3) is 10.8 Å². The van der Waals surface area contributed by atoms with Crippen molar-refractivity contribution in [3.05, 3.63) is 76.3 Å². The van der Waals surface area contributed by atoms with Gasteiger partial charge in [-0.15, -0.1) is 0 Å². The Morgan fingerprint density at radius 3 is 2.50 bits per heavy atom. The van der Waals surface area contributed by atoms with Crippen molar-refractivity contribution in [2.24, 2.45) is 0 Å². The summed E-state index contributed by atoms with van der Waals surface area (Å²) in [5.41, 5.74) is 1.60. The molecule has 2 aliphatic rings. The fourth-order valence-electron chi connectivity index (χ4n) is 4.52. The minimum atomic E-state index is -0.614. The fraction of sp³-hybridized carbons (Fsp3) is 0.217. The zero-order valence-electron chi connectivity index (χ0n) is 15.2. The summed E-state index contributed by atoms with van der Waals surface area (Å²) >= 11 is 3.53. The van der Waals surface area contributed by atoms with Gasteiger partial charge in [0.25, 0.3) is 5.91 Å². The highest BCUT2D eigenvalue weighted by Crippen LogP contribution is 2.48. The van der Waals surface area contributed by atoms with Crippen LogP contribution >= 0.6 is 15.9 Å². The molecule has 5 rings (SSSR count). The quantitative estimate of drug-likeness (QED) is 0.577. The molecule has 0 atom stereocenters. The van der Waals surface area contributed by atoms with Crippen molar-refractivity contribution in [2.75, 3.05) is 18.0 Å². The number of hydrogen-bond acceptors (Lipinski definition) is 3. The molecule has 2 aliphatic heterocycles. The highest BCUT2D eigenvalue weighted by molar-refractivity contribution is 9.10. The van der Waals surface area contributed by atoms with Crippen LogP contribution in [0, 0.1) is 0 Å². The van der Waals surface area contributed by atoms with Gasteiger partial charge in [-0.1, -0.05) is 46.3 Å². The first-order valence-electron chi connectivity index (χ1n) is 9.49. The van der Waals surface area contributed by atoms with Gasteiger partial charge in [-0.05, 0) is 72.6 Å². The summed E-state index contributed by atoms with van der Waals surface area (Å²) in [6, 6.07) is 19.3. The van der Waals surface area contributed by atoms with Crippen LogP contribution in [0.3, 0.4) is 0 Å². The molecule has 3 aromatic carbocycles. The van der Waals surface area contributed by atoms with Crippen LogP contribution in [-0.2, 0) is 10.2 Å². The molecule has 2 amide bonds. The van der Waals surface area contributed by atoms with Gasteiger partial charge >= 0.3 is 0 Å². The van der Waals surface area contributed by atoms with E-state index in [-0.39, 0.29) is 11.8 Å². The maximum Gasteiger partial charge on any atom is 0.265 e. The molecule has 0 bridgehead atoms. The summed E-state index contributed by atoms with van der Waals surface area (Å²) in [6.07, 6.45) is 1.41. The lowest BCUT2D eigenvalue weighted by molar-refractivity contribution is -0.123. The third-order valence-electron chi connectivity index (χ3n) is 5.98. The van der Waals surface area contributed by atoms with Crippen molar-refractivity contribution in [1.82, 2.24) is 5.32 Å². The summed E-state index contributed by atoms with van der Waals surface area (Å²) in [5.74, 6) is -0.352. The van der Waals surface area contributed by atoms with Crippen LogP contribution in [-0.4, -0.2) is 24.9 Å². The van der Waals surface area contributed by atoms with E-state index in [1.165, 1.54) is 4.90 Å². The van der Waals surface area contributed by atoms with E-state index in [9.17, 15) is 9.59 Å². The van der Waals surface area contributed by atoms with E-state index in [0.717, 1.165) is 33.9 Å². The van der Waals surface area contributed by atoms with Crippen LogP contribution in [0.1, 0.15) is 28.8 Å². The number of carbonyl (C=O) groups excluding carboxylic acids is 2. The van der Waals surface area contributed by atoms with Gasteiger partial charge in [0.05, 0.1) is 11.1 Å². The van der Waals surface area contributed by atoms with Crippen LogP contribution in [0.4, 0.5) is 5.69 Å². The van der Waals surface area contributed by atoms with Crippen molar-refractivity contribution in [3.63, 3.8) is 0 Å². The summed E-state index contributed by atoms with van der Waals surface area (Å²) < 4.78 is 0.928. The van der Waals surface area contributed by atoms with Crippen molar-refractivity contribution >= 4 is 44.2 Å². The molecule has 1 N–H and O–H groups in total. The molecule has 3 aromatic rings. The number of hydrogen-bond donors (Lipinski definition) is 1. The second-order valence-electron chi connectivity index (χ2n) is 7.50. The standard InChI is InChI=1S/C23H19BrN2O2/c24-18-7-8-20-19(14-18)23(9-11-25-12-10-23)22(28)26(20)21(27)17-6-5-15-3-1-2-4-16(15)13-17/h1-8,13-14,25H,9-12H2. The first-order valence-corrected chi connectivity index (χ1v) is 10.3. The Balaban J connectivity index is 1.63. The molecule has 0 radical (unpaired) electrons. The summed E-state index contributed by atoms with van der Waals surface area (Å²) in [5, 5.41) is 5.40. The summed E-state index contributed by atoms with van der Waals surface area (Å²) in [7, 11) is 0. The number of piperidine rings is 1. The molecule has 1 fully saturated rings. The average molecular weight is 435 g/mol. The first kappa shape index (κ1) is 17.6. The van der Waals surface area contributed by atoms with Crippen LogP contribution < -0.4 is 10.2 Å². The predicted octanol–water partition coefficient (Wildman–Crippen LogP) is 4.41. The maximum atomic E-state index is 13.6. The van der Waals surface area contributed by atoms with Gasteiger partial charge in [0.15, 0.2) is 0 Å². The predicted molar refractivity (Wildman–Crippen MR) is 114 cm³/mol. The molecule has 0 unspecified atom stereocenters. The molecule has 0 aromatic heterocycles. The van der Waals surface area contributed by atoms with Crippen molar-refractivity contribution in [1.29, 1.82) is 0 Å². The molecule has 5 heteroatoms. The van der Waals surface area contributed by atoms with E-state index in [4.69, 9.17) is 0 Å². The average Bonchev–Trinajstić information content (AvgIpc) is 2.95. The Kier molecular flexibility index (Phi) is 4.11. The molecule has 28 heavy (non-hydrogen) atoms. The number of halogens is 1. The molecule has 2 heterocycles. The maximum absolute atomic E-state index is 13.6. The lowest BCUT2D eigenvalue weighted by Crippen LogP contribution is -2.48. The number of amides is 2. The first-order chi connectivity index (χ1) is 13.6. The number of benzene rings is 3. The second kappa shape index (κ2) is 6.54. The second-order valence-corrected chi connectivity index (χ2v) is 8.42. The van der Waals surface area contributed by atoms with Crippen molar-refractivity contribution in [3.8, 4) is 0 Å². The molecule has 4 nitrogen and oxygen atoms in total. The van der Waals surface area contributed by atoms with Gasteiger partial charge in [-0.25, -0.2) is 4.90 Å². The zero-order chi connectivity index (χ0) is 19.3. The smallest absolute Gasteiger partial charge is 0.265 e. The number of fused-ring (bicyclic) bond motifs is 3. The highest BCUT2D eigenvalue weighted by Gasteiger charge is 2.53. The van der Waals surface area contributed by atoms with Gasteiger partial charge < -0.3 is 5.32 Å². The van der Waals surface area contributed by atoms with Gasteiger partial charge in [-0.3, -0.25) is 9.59 Å². The molecule has 0 aliphatic carbocycles. The Hall–Kier alpha value is -2.50. The van der Waals surface area contributed by atoms with E-state index in [2.05, 4.69) is 21.2 Å². The normalized spacial score (nSPS) is 17.9. The Labute approximate surface area is 171 Å². The number of rotatable bonds is 1. The van der Waals surface area contributed by atoms with Crippen LogP contribution in [0.15, 0.2) is 65.1 Å². The minimum absolute atomic E-state index is 0.0970. The molecular formula is C23H19BrN2O2. The molecular weight excluding hydrogens is 416 g/mol. The number of imide groups is 1. The minimum Gasteiger partial charge on any atom is -0.317 e. The molecule has 1 saturated heterocycles. The molecule has 0 saturated carbocycles. The van der Waals surface area contributed by atoms with Gasteiger partial charge in [-0.2, -0.15) is 0 Å². The van der Waals surface area contributed by atoms with E-state index in [0.29, 0.717) is 24.1 Å². The highest BCUT2D eigenvalue weighted by atomic mass is 79.9. The zero-order valence-corrected chi connectivity index (χ0v) is 16.8. The molecule has 140 valence electrons. The van der Waals surface area contributed by atoms with E-state index < -0.39 is 5.41 Å². The number of carbonyl (C=O) groups is 2. The number of nitrogens with one attached hydrogen (secondary N) is 1. The Morgan fingerprint density at radius 2 is 1.71 bits per heavy atom. The van der Waals surface area contributed by atoms with Crippen LogP contribution in [0.5, 0.6) is 0 Å². The largest absolute Gasteiger partial charge is 0.317 e. The monoisotopic (exact) mass is 434 g/mol. The lowest BCUT2D eigenvalue weighted by Gasteiger charge is -2.32. The molecule has 1 spiro atoms. The lowest BCUT2D eigenvalue weighted by atomic mass is 9.74. The van der Waals surface area contributed by atoms with E-state index in [1.807, 2.05) is 60.7 Å². The Morgan fingerprint density at radius 1 is 0.964 bits per heavy atom. The third-order valence-corrected chi connectivity index (χ3v) is 6.48. The fourth-order valence-corrected chi connectivity index (χ4v) is 4.88. The van der Waals surface area contributed by atoms with Gasteiger partial charge in [0.2, 0.25) is 5.91 Å². The van der Waals surface area contributed by atoms with E-state index in [1.54, 1.807) is 0 Å². The number of nitrogens with zero attached hydrogens (tertiary/aromatic N) is 1. The third kappa shape index (κ3) is 2.54. The Bertz CT molecular complexity index is 1120. The van der Waals surface area contributed by atoms with Crippen LogP contribution in [0.2, 0.25) is 0 Å². The van der Waals surface area contributed by atoms with Gasteiger partial charge in [0, 0.05) is 10.0 Å². The summed E-state index contributed by atoms with van der Waals surface area (Å²) in [4.78, 5) is 28.4. The van der Waals surface area contributed by atoms with Crippen molar-refractivity contribution in [2.45, 2.75) is 18.3 Å². The topological polar surface area (TPSA) is 49.4 Å². The van der Waals surface area contributed by atoms with Gasteiger partial charge in [0.1, 0.15) is 0 Å². The van der Waals surface area contributed by atoms with Crippen molar-refractivity contribution < 1.29 is 9.59 Å². The van der Waals surface area contributed by atoms with E-state index >= 15 is 0 Å². The SMILES string of the molecule is O=C(c1ccc2ccccc2c1)N1C(=O)C2(CCNCC2)c2cc(Br)ccc21.